The van der Waals surface area contributed by atoms with Crippen LogP contribution >= 0.6 is 0 Å². The fourth-order valence-corrected chi connectivity index (χ4v) is 4.58. The minimum absolute atomic E-state index is 0.0272. The molecule has 1 fully saturated rings. The minimum Gasteiger partial charge on any atom is -0.483 e. The molecule has 2 aliphatic rings. The Bertz CT molecular complexity index is 871. The van der Waals surface area contributed by atoms with Crippen LogP contribution in [0.3, 0.4) is 0 Å². The van der Waals surface area contributed by atoms with E-state index in [0.717, 1.165) is 63.0 Å². The van der Waals surface area contributed by atoms with Crippen LogP contribution in [0.15, 0.2) is 36.5 Å². The number of fused-ring (bicyclic) bond motifs is 2. The third-order valence-corrected chi connectivity index (χ3v) is 6.20. The zero-order valence-corrected chi connectivity index (χ0v) is 17.6. The molecule has 1 saturated heterocycles. The third kappa shape index (κ3) is 5.36. The summed E-state index contributed by atoms with van der Waals surface area (Å²) < 4.78 is 19.4. The van der Waals surface area contributed by atoms with Gasteiger partial charge in [0.1, 0.15) is 11.6 Å². The lowest BCUT2D eigenvalue weighted by atomic mass is 9.87. The van der Waals surface area contributed by atoms with Crippen molar-refractivity contribution in [3.8, 4) is 5.75 Å². The average molecular weight is 412 g/mol. The predicted molar refractivity (Wildman–Crippen MR) is 114 cm³/mol. The van der Waals surface area contributed by atoms with Gasteiger partial charge in [-0.25, -0.2) is 4.39 Å². The maximum Gasteiger partial charge on any atom is 0.258 e. The minimum atomic E-state index is -0.262. The summed E-state index contributed by atoms with van der Waals surface area (Å²) >= 11 is 0. The van der Waals surface area contributed by atoms with Crippen molar-refractivity contribution in [1.82, 2.24) is 15.2 Å². The molecule has 0 saturated carbocycles. The van der Waals surface area contributed by atoms with Crippen molar-refractivity contribution in [2.45, 2.75) is 51.6 Å². The molecular weight excluding hydrogens is 381 g/mol. The summed E-state index contributed by atoms with van der Waals surface area (Å²) in [6, 6.07) is 8.92. The molecule has 0 aliphatic carbocycles. The number of hydrogen-bond donors (Lipinski definition) is 1. The van der Waals surface area contributed by atoms with E-state index < -0.39 is 0 Å². The van der Waals surface area contributed by atoms with E-state index in [1.807, 2.05) is 13.1 Å². The van der Waals surface area contributed by atoms with Gasteiger partial charge in [0.15, 0.2) is 6.61 Å². The number of hydrogen-bond acceptors (Lipinski definition) is 4. The fourth-order valence-electron chi connectivity index (χ4n) is 4.58. The zero-order chi connectivity index (χ0) is 20.9. The first-order chi connectivity index (χ1) is 14.6. The number of halogens is 1. The molecule has 0 spiro atoms. The van der Waals surface area contributed by atoms with Gasteiger partial charge >= 0.3 is 0 Å². The van der Waals surface area contributed by atoms with Crippen LogP contribution in [0.2, 0.25) is 0 Å². The van der Waals surface area contributed by atoms with Crippen molar-refractivity contribution in [3.63, 3.8) is 0 Å². The Hall–Kier alpha value is -2.47. The van der Waals surface area contributed by atoms with E-state index in [9.17, 15) is 9.18 Å². The van der Waals surface area contributed by atoms with Crippen molar-refractivity contribution < 1.29 is 13.9 Å². The van der Waals surface area contributed by atoms with Gasteiger partial charge in [-0.15, -0.1) is 0 Å². The van der Waals surface area contributed by atoms with Gasteiger partial charge in [0.25, 0.3) is 5.91 Å². The number of aromatic nitrogens is 1. The Balaban J connectivity index is 1.42. The van der Waals surface area contributed by atoms with E-state index in [-0.39, 0.29) is 24.4 Å². The molecule has 0 bridgehead atoms. The molecule has 0 radical (unpaired) electrons. The lowest BCUT2D eigenvalue weighted by Crippen LogP contribution is -2.51. The quantitative estimate of drug-likeness (QED) is 0.820. The highest BCUT2D eigenvalue weighted by atomic mass is 19.1. The highest BCUT2D eigenvalue weighted by molar-refractivity contribution is 5.78. The van der Waals surface area contributed by atoms with Crippen LogP contribution in [-0.2, 0) is 17.8 Å². The topological polar surface area (TPSA) is 54.5 Å². The number of nitrogens with one attached hydrogen (secondary N) is 1. The summed E-state index contributed by atoms with van der Waals surface area (Å²) in [5, 5.41) is 3.19. The van der Waals surface area contributed by atoms with Crippen LogP contribution in [-0.4, -0.2) is 41.5 Å². The Kier molecular flexibility index (Phi) is 6.62. The third-order valence-electron chi connectivity index (χ3n) is 6.20. The highest BCUT2D eigenvalue weighted by Gasteiger charge is 2.30. The summed E-state index contributed by atoms with van der Waals surface area (Å²) in [5.74, 6) is 0.664. The van der Waals surface area contributed by atoms with Gasteiger partial charge in [-0.3, -0.25) is 14.7 Å². The maximum absolute atomic E-state index is 13.7. The maximum atomic E-state index is 13.7. The first-order valence-corrected chi connectivity index (χ1v) is 10.9. The van der Waals surface area contributed by atoms with Crippen LogP contribution in [0.1, 0.15) is 42.5 Å². The van der Waals surface area contributed by atoms with Crippen molar-refractivity contribution in [1.29, 1.82) is 0 Å². The number of ether oxygens (including phenoxy) is 1. The van der Waals surface area contributed by atoms with E-state index in [0.29, 0.717) is 11.7 Å². The Morgan fingerprint density at radius 3 is 2.97 bits per heavy atom. The normalized spacial score (nSPS) is 23.2. The number of piperidine rings is 1. The SMILES string of the molecule is Cc1ccc(CN2CC[C@@H]3NC(=O)COc4ccc(F)cc4CCCC[C@@H]3C2)cn1. The Morgan fingerprint density at radius 1 is 1.23 bits per heavy atom. The van der Waals surface area contributed by atoms with Crippen LogP contribution in [0, 0.1) is 18.7 Å². The van der Waals surface area contributed by atoms with E-state index in [1.54, 1.807) is 6.07 Å². The highest BCUT2D eigenvalue weighted by Crippen LogP contribution is 2.27. The summed E-state index contributed by atoms with van der Waals surface area (Å²) in [4.78, 5) is 19.4. The number of carbonyl (C=O) groups is 1. The first kappa shape index (κ1) is 20.8. The fraction of sp³-hybridized carbons (Fsp3) is 0.500. The predicted octanol–water partition coefficient (Wildman–Crippen LogP) is 3.64. The standard InChI is InChI=1S/C24H30FN3O2/c1-17-6-7-18(13-26-17)14-28-11-10-22-20(15-28)5-3-2-4-19-12-21(25)8-9-23(19)30-16-24(29)27-22/h6-9,12-13,20,22H,2-5,10-11,14-16H2,1H3,(H,27,29)/t20-,22+/m1/s1. The smallest absolute Gasteiger partial charge is 0.258 e. The van der Waals surface area contributed by atoms with Gasteiger partial charge in [0.2, 0.25) is 0 Å². The molecule has 2 aliphatic heterocycles. The van der Waals surface area contributed by atoms with E-state index >= 15 is 0 Å². The molecule has 2 atom stereocenters. The number of aryl methyl sites for hydroxylation is 2. The summed E-state index contributed by atoms with van der Waals surface area (Å²) in [6.45, 7) is 4.78. The number of nitrogens with zero attached hydrogens (tertiary/aromatic N) is 2. The second-order valence-electron chi connectivity index (χ2n) is 8.55. The van der Waals surface area contributed by atoms with Gasteiger partial charge in [-0.2, -0.15) is 0 Å². The molecule has 1 aromatic carbocycles. The van der Waals surface area contributed by atoms with Crippen LogP contribution in [0.25, 0.3) is 0 Å². The lowest BCUT2D eigenvalue weighted by Gasteiger charge is -2.39. The number of carbonyl (C=O) groups excluding carboxylic acids is 1. The number of likely N-dealkylation sites (tertiary alicyclic amines) is 1. The molecule has 30 heavy (non-hydrogen) atoms. The molecule has 2 aromatic rings. The van der Waals surface area contributed by atoms with E-state index in [4.69, 9.17) is 4.74 Å². The van der Waals surface area contributed by atoms with Gasteiger partial charge in [0, 0.05) is 37.6 Å². The van der Waals surface area contributed by atoms with E-state index in [1.165, 1.54) is 17.7 Å². The molecule has 0 unspecified atom stereocenters. The number of amides is 1. The van der Waals surface area contributed by atoms with Crippen molar-refractivity contribution in [3.05, 3.63) is 59.2 Å². The summed E-state index contributed by atoms with van der Waals surface area (Å²) in [6.07, 6.45) is 6.76. The van der Waals surface area contributed by atoms with Gasteiger partial charge in [-0.1, -0.05) is 12.5 Å². The van der Waals surface area contributed by atoms with Gasteiger partial charge in [-0.05, 0) is 73.9 Å². The monoisotopic (exact) mass is 411 g/mol. The van der Waals surface area contributed by atoms with Crippen molar-refractivity contribution >= 4 is 5.91 Å². The molecular formula is C24H30FN3O2. The van der Waals surface area contributed by atoms with Gasteiger partial charge in [0.05, 0.1) is 0 Å². The molecule has 1 amide bonds. The van der Waals surface area contributed by atoms with E-state index in [2.05, 4.69) is 27.3 Å². The van der Waals surface area contributed by atoms with Crippen LogP contribution < -0.4 is 10.1 Å². The first-order valence-electron chi connectivity index (χ1n) is 10.9. The van der Waals surface area contributed by atoms with Crippen LogP contribution in [0.4, 0.5) is 4.39 Å². The number of pyridine rings is 1. The summed E-state index contributed by atoms with van der Waals surface area (Å²) in [5.41, 5.74) is 3.10. The van der Waals surface area contributed by atoms with Gasteiger partial charge < -0.3 is 10.1 Å². The summed E-state index contributed by atoms with van der Waals surface area (Å²) in [7, 11) is 0. The molecule has 4 rings (SSSR count). The lowest BCUT2D eigenvalue weighted by molar-refractivity contribution is -0.124. The van der Waals surface area contributed by atoms with Crippen molar-refractivity contribution in [2.24, 2.45) is 5.92 Å². The Morgan fingerprint density at radius 2 is 2.13 bits per heavy atom. The second-order valence-corrected chi connectivity index (χ2v) is 8.55. The average Bonchev–Trinajstić information content (AvgIpc) is 2.73. The zero-order valence-electron chi connectivity index (χ0n) is 17.6. The molecule has 3 heterocycles. The number of benzene rings is 1. The molecule has 1 aromatic heterocycles. The molecule has 160 valence electrons. The molecule has 1 N–H and O–H groups in total. The number of rotatable bonds is 2. The Labute approximate surface area is 177 Å². The van der Waals surface area contributed by atoms with Crippen molar-refractivity contribution in [2.75, 3.05) is 19.7 Å². The second kappa shape index (κ2) is 9.56. The molecule has 6 heteroatoms. The largest absolute Gasteiger partial charge is 0.483 e. The van der Waals surface area contributed by atoms with Crippen LogP contribution in [0.5, 0.6) is 5.75 Å². The molecule has 5 nitrogen and oxygen atoms in total.